The summed E-state index contributed by atoms with van der Waals surface area (Å²) < 4.78 is 13.6. The van der Waals surface area contributed by atoms with E-state index in [-0.39, 0.29) is 12.1 Å². The van der Waals surface area contributed by atoms with Crippen LogP contribution in [0.4, 0.5) is 9.52 Å². The molecule has 0 fully saturated rings. The fourth-order valence-electron chi connectivity index (χ4n) is 2.03. The predicted molar refractivity (Wildman–Crippen MR) is 81.2 cm³/mol. The summed E-state index contributed by atoms with van der Waals surface area (Å²) >= 11 is 1.19. The zero-order valence-corrected chi connectivity index (χ0v) is 12.0. The van der Waals surface area contributed by atoms with Crippen LogP contribution in [0.3, 0.4) is 0 Å². The molecule has 2 aromatic heterocycles. The smallest absolute Gasteiger partial charge is 0.273 e. The van der Waals surface area contributed by atoms with Gasteiger partial charge >= 0.3 is 0 Å². The van der Waals surface area contributed by atoms with Gasteiger partial charge in [0.1, 0.15) is 11.5 Å². The third kappa shape index (κ3) is 2.82. The van der Waals surface area contributed by atoms with Crippen molar-refractivity contribution in [2.45, 2.75) is 6.42 Å². The van der Waals surface area contributed by atoms with E-state index in [2.05, 4.69) is 15.3 Å². The van der Waals surface area contributed by atoms with Crippen LogP contribution in [0.1, 0.15) is 16.2 Å². The fourth-order valence-corrected chi connectivity index (χ4v) is 2.73. The number of carbonyl (C=O) groups is 2. The highest BCUT2D eigenvalue weighted by Crippen LogP contribution is 2.21. The van der Waals surface area contributed by atoms with Crippen LogP contribution in [0, 0.1) is 5.82 Å². The van der Waals surface area contributed by atoms with Crippen molar-refractivity contribution >= 4 is 39.2 Å². The van der Waals surface area contributed by atoms with Crippen LogP contribution in [-0.4, -0.2) is 21.8 Å². The Labute approximate surface area is 128 Å². The summed E-state index contributed by atoms with van der Waals surface area (Å²) in [5, 5.41) is 4.93. The van der Waals surface area contributed by atoms with Gasteiger partial charge in [-0.3, -0.25) is 14.9 Å². The molecule has 0 radical (unpaired) electrons. The molecule has 0 atom stereocenters. The Morgan fingerprint density at radius 1 is 1.41 bits per heavy atom. The first-order valence-electron chi connectivity index (χ1n) is 6.34. The van der Waals surface area contributed by atoms with Gasteiger partial charge in [0.2, 0.25) is 5.91 Å². The van der Waals surface area contributed by atoms with Crippen molar-refractivity contribution in [3.63, 3.8) is 0 Å². The van der Waals surface area contributed by atoms with Crippen LogP contribution < -0.4 is 11.1 Å². The van der Waals surface area contributed by atoms with E-state index in [9.17, 15) is 14.0 Å². The van der Waals surface area contributed by atoms with Crippen molar-refractivity contribution in [1.29, 1.82) is 0 Å². The van der Waals surface area contributed by atoms with Gasteiger partial charge in [0, 0.05) is 16.3 Å². The van der Waals surface area contributed by atoms with Crippen LogP contribution in [0.5, 0.6) is 0 Å². The molecule has 22 heavy (non-hydrogen) atoms. The summed E-state index contributed by atoms with van der Waals surface area (Å²) in [7, 11) is 0. The first kappa shape index (κ1) is 14.2. The first-order valence-corrected chi connectivity index (χ1v) is 7.22. The van der Waals surface area contributed by atoms with E-state index in [1.54, 1.807) is 17.5 Å². The Morgan fingerprint density at radius 2 is 2.23 bits per heavy atom. The van der Waals surface area contributed by atoms with Crippen molar-refractivity contribution in [3.05, 3.63) is 46.9 Å². The Kier molecular flexibility index (Phi) is 3.60. The minimum Gasteiger partial charge on any atom is -0.369 e. The number of aromatic amines is 1. The number of amides is 2. The third-order valence-corrected chi connectivity index (χ3v) is 3.79. The number of thiazole rings is 1. The Balaban J connectivity index is 1.79. The van der Waals surface area contributed by atoms with Gasteiger partial charge < -0.3 is 10.7 Å². The molecular formula is C14H11FN4O2S. The van der Waals surface area contributed by atoms with E-state index in [1.807, 2.05) is 0 Å². The van der Waals surface area contributed by atoms with E-state index in [1.165, 1.54) is 23.5 Å². The van der Waals surface area contributed by atoms with Gasteiger partial charge in [-0.05, 0) is 18.2 Å². The second-order valence-electron chi connectivity index (χ2n) is 4.63. The molecule has 0 aliphatic rings. The first-order chi connectivity index (χ1) is 10.5. The van der Waals surface area contributed by atoms with Crippen LogP contribution in [0.2, 0.25) is 0 Å². The zero-order valence-electron chi connectivity index (χ0n) is 11.2. The molecule has 3 aromatic rings. The molecule has 8 heteroatoms. The number of hydrogen-bond acceptors (Lipinski definition) is 4. The maximum absolute atomic E-state index is 13.6. The van der Waals surface area contributed by atoms with Crippen molar-refractivity contribution < 1.29 is 14.0 Å². The van der Waals surface area contributed by atoms with Crippen molar-refractivity contribution in [2.75, 3.05) is 5.32 Å². The van der Waals surface area contributed by atoms with Gasteiger partial charge in [-0.2, -0.15) is 0 Å². The molecular weight excluding hydrogens is 307 g/mol. The second-order valence-corrected chi connectivity index (χ2v) is 5.48. The summed E-state index contributed by atoms with van der Waals surface area (Å²) in [6.45, 7) is 0. The number of rotatable bonds is 4. The molecule has 4 N–H and O–H groups in total. The standard InChI is InChI=1S/C14H11FN4O2S/c15-9-2-1-3-10-8(9)5-11(18-10)13(21)19-14-17-7(6-22-14)4-12(16)20/h1-3,5-6,18H,4H2,(H2,16,20)(H,17,19,21). The van der Waals surface area contributed by atoms with Gasteiger partial charge in [0.05, 0.1) is 12.1 Å². The number of primary amides is 1. The zero-order chi connectivity index (χ0) is 15.7. The maximum atomic E-state index is 13.6. The summed E-state index contributed by atoms with van der Waals surface area (Å²) in [5.41, 5.74) is 6.35. The number of hydrogen-bond donors (Lipinski definition) is 3. The summed E-state index contributed by atoms with van der Waals surface area (Å²) in [6, 6.07) is 6.02. The molecule has 2 heterocycles. The lowest BCUT2D eigenvalue weighted by molar-refractivity contribution is -0.117. The molecule has 0 saturated carbocycles. The largest absolute Gasteiger partial charge is 0.369 e. The molecule has 0 saturated heterocycles. The molecule has 0 aliphatic heterocycles. The molecule has 2 amide bonds. The number of nitrogens with zero attached hydrogens (tertiary/aromatic N) is 1. The Morgan fingerprint density at radius 3 is 2.95 bits per heavy atom. The minimum atomic E-state index is -0.491. The number of anilines is 1. The SMILES string of the molecule is NC(=O)Cc1csc(NC(=O)c2cc3c(F)cccc3[nH]2)n1. The number of benzene rings is 1. The maximum Gasteiger partial charge on any atom is 0.273 e. The summed E-state index contributed by atoms with van der Waals surface area (Å²) in [5.74, 6) is -1.32. The normalized spacial score (nSPS) is 10.8. The number of nitrogens with two attached hydrogens (primary N) is 1. The quantitative estimate of drug-likeness (QED) is 0.686. The van der Waals surface area contributed by atoms with Gasteiger partial charge in [-0.15, -0.1) is 11.3 Å². The number of carbonyl (C=O) groups excluding carboxylic acids is 2. The Hall–Kier alpha value is -2.74. The van der Waals surface area contributed by atoms with Gasteiger partial charge in [-0.25, -0.2) is 9.37 Å². The monoisotopic (exact) mass is 318 g/mol. The van der Waals surface area contributed by atoms with Crippen molar-refractivity contribution in [3.8, 4) is 0 Å². The van der Waals surface area contributed by atoms with Gasteiger partial charge in [0.15, 0.2) is 5.13 Å². The highest BCUT2D eigenvalue weighted by Gasteiger charge is 2.14. The van der Waals surface area contributed by atoms with E-state index < -0.39 is 17.6 Å². The third-order valence-electron chi connectivity index (χ3n) is 2.98. The molecule has 0 aliphatic carbocycles. The average Bonchev–Trinajstić information content (AvgIpc) is 3.05. The topological polar surface area (TPSA) is 101 Å². The van der Waals surface area contributed by atoms with E-state index in [0.717, 1.165) is 0 Å². The molecule has 112 valence electrons. The number of nitrogens with one attached hydrogen (secondary N) is 2. The molecule has 3 rings (SSSR count). The molecule has 0 bridgehead atoms. The average molecular weight is 318 g/mol. The van der Waals surface area contributed by atoms with Gasteiger partial charge in [0.25, 0.3) is 5.91 Å². The number of halogens is 1. The molecule has 0 spiro atoms. The van der Waals surface area contributed by atoms with Crippen LogP contribution in [0.25, 0.3) is 10.9 Å². The highest BCUT2D eigenvalue weighted by atomic mass is 32.1. The van der Waals surface area contributed by atoms with Crippen molar-refractivity contribution in [1.82, 2.24) is 9.97 Å². The predicted octanol–water partition coefficient (Wildman–Crippen LogP) is 2.04. The molecule has 6 nitrogen and oxygen atoms in total. The number of H-pyrrole nitrogens is 1. The summed E-state index contributed by atoms with van der Waals surface area (Å²) in [6.07, 6.45) is 0.0178. The summed E-state index contributed by atoms with van der Waals surface area (Å²) in [4.78, 5) is 29.9. The van der Waals surface area contributed by atoms with E-state index >= 15 is 0 Å². The minimum absolute atomic E-state index is 0.0178. The van der Waals surface area contributed by atoms with Crippen molar-refractivity contribution in [2.24, 2.45) is 5.73 Å². The Bertz CT molecular complexity index is 871. The number of fused-ring (bicyclic) bond motifs is 1. The lowest BCUT2D eigenvalue weighted by Crippen LogP contribution is -2.14. The van der Waals surface area contributed by atoms with E-state index in [4.69, 9.17) is 5.73 Å². The lowest BCUT2D eigenvalue weighted by atomic mass is 10.2. The van der Waals surface area contributed by atoms with E-state index in [0.29, 0.717) is 21.7 Å². The fraction of sp³-hybridized carbons (Fsp3) is 0.0714. The lowest BCUT2D eigenvalue weighted by Gasteiger charge is -1.98. The molecule has 0 unspecified atom stereocenters. The second kappa shape index (κ2) is 5.57. The van der Waals surface area contributed by atoms with Crippen LogP contribution >= 0.6 is 11.3 Å². The molecule has 1 aromatic carbocycles. The highest BCUT2D eigenvalue weighted by molar-refractivity contribution is 7.14. The van der Waals surface area contributed by atoms with Gasteiger partial charge in [-0.1, -0.05) is 6.07 Å². The van der Waals surface area contributed by atoms with Crippen LogP contribution in [0.15, 0.2) is 29.6 Å². The number of aromatic nitrogens is 2. The van der Waals surface area contributed by atoms with Crippen LogP contribution in [-0.2, 0) is 11.2 Å².